The molecule has 10 heavy (non-hydrogen) atoms. The zero-order valence-corrected chi connectivity index (χ0v) is 5.45. The lowest BCUT2D eigenvalue weighted by atomic mass is 10.4. The zero-order valence-electron chi connectivity index (χ0n) is 5.45. The number of rotatable bonds is 2. The number of nitrogens with zero attached hydrogens (tertiary/aromatic N) is 2. The minimum Gasteiger partial charge on any atom is -0.274 e. The fourth-order valence-corrected chi connectivity index (χ4v) is 0.590. The second-order valence-electron chi connectivity index (χ2n) is 1.78. The first kappa shape index (κ1) is 6.74. The summed E-state index contributed by atoms with van der Waals surface area (Å²) in [5, 5.41) is 0. The molecule has 1 heterocycles. The van der Waals surface area contributed by atoms with Crippen LogP contribution in [-0.2, 0) is 0 Å². The van der Waals surface area contributed by atoms with Gasteiger partial charge in [-0.05, 0) is 0 Å². The van der Waals surface area contributed by atoms with Crippen molar-refractivity contribution in [3.8, 4) is 0 Å². The standard InChI is InChI=1S/C7H7N2O/c1-2-3-7(10)9-5-4-8-6-9/h2,4-5H,1,3H2. The van der Waals surface area contributed by atoms with Gasteiger partial charge in [0.25, 0.3) is 0 Å². The molecule has 0 atom stereocenters. The number of carbonyl (C=O) groups is 1. The summed E-state index contributed by atoms with van der Waals surface area (Å²) in [5.74, 6) is -0.0625. The van der Waals surface area contributed by atoms with Gasteiger partial charge in [0.2, 0.25) is 5.91 Å². The summed E-state index contributed by atoms with van der Waals surface area (Å²) in [6.45, 7) is 3.44. The predicted octanol–water partition coefficient (Wildman–Crippen LogP) is 0.900. The van der Waals surface area contributed by atoms with Gasteiger partial charge in [0.1, 0.15) is 0 Å². The third-order valence-corrected chi connectivity index (χ3v) is 1.04. The normalized spacial score (nSPS) is 9.20. The van der Waals surface area contributed by atoms with Gasteiger partial charge in [0.05, 0.1) is 0 Å². The number of allylic oxidation sites excluding steroid dienone is 1. The molecule has 0 saturated heterocycles. The molecule has 3 heteroatoms. The van der Waals surface area contributed by atoms with Crippen LogP contribution in [-0.4, -0.2) is 15.5 Å². The van der Waals surface area contributed by atoms with Crippen molar-refractivity contribution in [1.82, 2.24) is 9.55 Å². The maximum atomic E-state index is 10.9. The van der Waals surface area contributed by atoms with Crippen LogP contribution in [0.1, 0.15) is 11.2 Å². The molecule has 51 valence electrons. The van der Waals surface area contributed by atoms with Crippen LogP contribution in [0, 0.1) is 6.33 Å². The van der Waals surface area contributed by atoms with Gasteiger partial charge in [0, 0.05) is 18.8 Å². The summed E-state index contributed by atoms with van der Waals surface area (Å²) in [7, 11) is 0. The molecule has 0 aliphatic carbocycles. The second-order valence-corrected chi connectivity index (χ2v) is 1.78. The van der Waals surface area contributed by atoms with Crippen molar-refractivity contribution in [2.75, 3.05) is 0 Å². The summed E-state index contributed by atoms with van der Waals surface area (Å²) in [4.78, 5) is 14.5. The Kier molecular flexibility index (Phi) is 1.99. The van der Waals surface area contributed by atoms with Crippen molar-refractivity contribution < 1.29 is 4.79 Å². The Balaban J connectivity index is 2.68. The lowest BCUT2D eigenvalue weighted by Gasteiger charge is -1.92. The summed E-state index contributed by atoms with van der Waals surface area (Å²) >= 11 is 0. The molecule has 1 aromatic rings. The van der Waals surface area contributed by atoms with Crippen LogP contribution in [0.3, 0.4) is 0 Å². The van der Waals surface area contributed by atoms with E-state index in [1.807, 2.05) is 0 Å². The summed E-state index contributed by atoms with van der Waals surface area (Å²) in [6.07, 6.45) is 7.45. The van der Waals surface area contributed by atoms with Crippen molar-refractivity contribution in [3.05, 3.63) is 31.4 Å². The molecule has 0 amide bonds. The molecule has 0 spiro atoms. The minimum atomic E-state index is -0.0625. The summed E-state index contributed by atoms with van der Waals surface area (Å²) < 4.78 is 1.31. The minimum absolute atomic E-state index is 0.0625. The van der Waals surface area contributed by atoms with Crippen molar-refractivity contribution >= 4 is 5.91 Å². The fraction of sp³-hybridized carbons (Fsp3) is 0.143. The van der Waals surface area contributed by atoms with E-state index in [4.69, 9.17) is 0 Å². The van der Waals surface area contributed by atoms with E-state index in [0.717, 1.165) is 0 Å². The zero-order chi connectivity index (χ0) is 7.40. The first-order valence-corrected chi connectivity index (χ1v) is 2.89. The molecule has 0 fully saturated rings. The van der Waals surface area contributed by atoms with Gasteiger partial charge < -0.3 is 0 Å². The molecule has 0 N–H and O–H groups in total. The number of hydrogen-bond donors (Lipinski definition) is 0. The van der Waals surface area contributed by atoms with E-state index in [2.05, 4.69) is 17.9 Å². The average Bonchev–Trinajstić information content (AvgIpc) is 2.38. The SMILES string of the molecule is C=CCC(=O)n1[c]ncc1. The summed E-state index contributed by atoms with van der Waals surface area (Å²) in [6, 6.07) is 0. The molecule has 0 bridgehead atoms. The number of imidazole rings is 1. The molecular formula is C7H7N2O. The first-order valence-electron chi connectivity index (χ1n) is 2.89. The van der Waals surface area contributed by atoms with Crippen LogP contribution in [0.5, 0.6) is 0 Å². The second kappa shape index (κ2) is 2.96. The summed E-state index contributed by atoms with van der Waals surface area (Å²) in [5.41, 5.74) is 0. The van der Waals surface area contributed by atoms with E-state index in [-0.39, 0.29) is 5.91 Å². The third-order valence-electron chi connectivity index (χ3n) is 1.04. The Morgan fingerprint density at radius 2 is 2.70 bits per heavy atom. The maximum Gasteiger partial charge on any atom is 0.236 e. The van der Waals surface area contributed by atoms with E-state index < -0.39 is 0 Å². The maximum absolute atomic E-state index is 10.9. The first-order chi connectivity index (χ1) is 4.84. The smallest absolute Gasteiger partial charge is 0.236 e. The van der Waals surface area contributed by atoms with Gasteiger partial charge in [-0.25, -0.2) is 4.98 Å². The molecule has 1 aromatic heterocycles. The quantitative estimate of drug-likeness (QED) is 0.564. The largest absolute Gasteiger partial charge is 0.274 e. The Hall–Kier alpha value is -1.38. The van der Waals surface area contributed by atoms with Crippen LogP contribution in [0.4, 0.5) is 0 Å². The van der Waals surface area contributed by atoms with Gasteiger partial charge in [-0.2, -0.15) is 0 Å². The molecular weight excluding hydrogens is 128 g/mol. The molecule has 1 rings (SSSR count). The highest BCUT2D eigenvalue weighted by Gasteiger charge is 1.98. The molecule has 0 aliphatic rings. The Morgan fingerprint density at radius 3 is 3.20 bits per heavy atom. The van der Waals surface area contributed by atoms with Gasteiger partial charge in [-0.3, -0.25) is 9.36 Å². The fourth-order valence-electron chi connectivity index (χ4n) is 0.590. The Morgan fingerprint density at radius 1 is 1.90 bits per heavy atom. The van der Waals surface area contributed by atoms with Gasteiger partial charge in [-0.15, -0.1) is 6.58 Å². The van der Waals surface area contributed by atoms with Crippen LogP contribution in [0.2, 0.25) is 0 Å². The molecule has 0 unspecified atom stereocenters. The van der Waals surface area contributed by atoms with Crippen molar-refractivity contribution in [2.45, 2.75) is 6.42 Å². The van der Waals surface area contributed by atoms with Crippen LogP contribution >= 0.6 is 0 Å². The Labute approximate surface area is 59.0 Å². The lowest BCUT2D eigenvalue weighted by molar-refractivity contribution is 0.0916. The molecule has 0 saturated carbocycles. The topological polar surface area (TPSA) is 34.9 Å². The van der Waals surface area contributed by atoms with Gasteiger partial charge >= 0.3 is 0 Å². The van der Waals surface area contributed by atoms with E-state index in [1.54, 1.807) is 12.3 Å². The average molecular weight is 135 g/mol. The van der Waals surface area contributed by atoms with Crippen LogP contribution in [0.25, 0.3) is 0 Å². The van der Waals surface area contributed by atoms with Crippen molar-refractivity contribution in [2.24, 2.45) is 0 Å². The van der Waals surface area contributed by atoms with Crippen LogP contribution in [0.15, 0.2) is 25.0 Å². The van der Waals surface area contributed by atoms with E-state index in [1.165, 1.54) is 10.8 Å². The molecule has 0 aliphatic heterocycles. The number of carbonyl (C=O) groups excluding carboxylic acids is 1. The van der Waals surface area contributed by atoms with E-state index in [9.17, 15) is 4.79 Å². The van der Waals surface area contributed by atoms with Crippen molar-refractivity contribution in [3.63, 3.8) is 0 Å². The van der Waals surface area contributed by atoms with E-state index in [0.29, 0.717) is 6.42 Å². The highest BCUT2D eigenvalue weighted by atomic mass is 16.2. The van der Waals surface area contributed by atoms with E-state index >= 15 is 0 Å². The Bertz CT molecular complexity index is 226. The van der Waals surface area contributed by atoms with Crippen LogP contribution < -0.4 is 0 Å². The number of hydrogen-bond acceptors (Lipinski definition) is 2. The molecule has 3 nitrogen and oxygen atoms in total. The van der Waals surface area contributed by atoms with Gasteiger partial charge in [0.15, 0.2) is 6.33 Å². The molecule has 1 radical (unpaired) electrons. The van der Waals surface area contributed by atoms with Gasteiger partial charge in [-0.1, -0.05) is 6.08 Å². The monoisotopic (exact) mass is 135 g/mol. The predicted molar refractivity (Wildman–Crippen MR) is 36.5 cm³/mol. The highest BCUT2D eigenvalue weighted by molar-refractivity contribution is 5.79. The lowest BCUT2D eigenvalue weighted by Crippen LogP contribution is -2.06. The third kappa shape index (κ3) is 1.31. The highest BCUT2D eigenvalue weighted by Crippen LogP contribution is 1.89. The van der Waals surface area contributed by atoms with Crippen molar-refractivity contribution in [1.29, 1.82) is 0 Å². The number of aromatic nitrogens is 2. The molecule has 0 aromatic carbocycles.